The fraction of sp³-hybridized carbons (Fsp3) is 0.333. The summed E-state index contributed by atoms with van der Waals surface area (Å²) in [4.78, 5) is 15.1. The van der Waals surface area contributed by atoms with Crippen LogP contribution in [-0.4, -0.2) is 22.7 Å². The zero-order valence-corrected chi connectivity index (χ0v) is 12.4. The van der Waals surface area contributed by atoms with E-state index in [0.717, 1.165) is 23.4 Å². The summed E-state index contributed by atoms with van der Waals surface area (Å²) >= 11 is 1.37. The molecule has 0 unspecified atom stereocenters. The Morgan fingerprint density at radius 2 is 2.20 bits per heavy atom. The van der Waals surface area contributed by atoms with E-state index in [0.29, 0.717) is 11.6 Å². The van der Waals surface area contributed by atoms with Crippen LogP contribution >= 0.6 is 11.3 Å². The first kappa shape index (κ1) is 14.5. The molecule has 1 heterocycles. The van der Waals surface area contributed by atoms with Gasteiger partial charge in [0.05, 0.1) is 18.7 Å². The highest BCUT2D eigenvalue weighted by Crippen LogP contribution is 2.32. The molecule has 5 heteroatoms. The maximum atomic E-state index is 10.7. The number of nitrogens with zero attached hydrogens (tertiary/aromatic N) is 1. The number of rotatable bonds is 6. The van der Waals surface area contributed by atoms with E-state index in [-0.39, 0.29) is 6.42 Å². The Bertz CT molecular complexity index is 607. The number of ether oxygens (including phenoxy) is 1. The molecule has 4 nitrogen and oxygen atoms in total. The molecule has 20 heavy (non-hydrogen) atoms. The van der Waals surface area contributed by atoms with Crippen molar-refractivity contribution >= 4 is 17.3 Å². The first-order valence-electron chi connectivity index (χ1n) is 6.56. The van der Waals surface area contributed by atoms with Crippen LogP contribution in [-0.2, 0) is 17.6 Å². The fourth-order valence-electron chi connectivity index (χ4n) is 1.92. The highest BCUT2D eigenvalue weighted by Gasteiger charge is 2.12. The number of carboxylic acid groups (broad SMARTS) is 1. The van der Waals surface area contributed by atoms with E-state index >= 15 is 0 Å². The molecule has 0 fully saturated rings. The van der Waals surface area contributed by atoms with Crippen LogP contribution in [0.25, 0.3) is 11.3 Å². The smallest absolute Gasteiger partial charge is 0.310 e. The minimum absolute atomic E-state index is 0.0396. The molecule has 0 radical (unpaired) electrons. The van der Waals surface area contributed by atoms with E-state index in [9.17, 15) is 4.79 Å². The quantitative estimate of drug-likeness (QED) is 0.886. The van der Waals surface area contributed by atoms with Crippen LogP contribution in [0.2, 0.25) is 0 Å². The predicted molar refractivity (Wildman–Crippen MR) is 79.4 cm³/mol. The van der Waals surface area contributed by atoms with Gasteiger partial charge in [0.2, 0.25) is 0 Å². The minimum atomic E-state index is -0.863. The van der Waals surface area contributed by atoms with Crippen LogP contribution in [0.1, 0.15) is 24.4 Å². The Morgan fingerprint density at radius 3 is 2.85 bits per heavy atom. The molecule has 0 aliphatic carbocycles. The third-order valence-corrected chi connectivity index (χ3v) is 3.73. The van der Waals surface area contributed by atoms with Gasteiger partial charge in [0, 0.05) is 10.9 Å². The third kappa shape index (κ3) is 3.36. The first-order chi connectivity index (χ1) is 9.63. The molecule has 0 saturated carbocycles. The van der Waals surface area contributed by atoms with Crippen molar-refractivity contribution in [2.45, 2.75) is 26.7 Å². The SMILES string of the molecule is CCOc1ccc(CC)cc1-c1csc(CC(=O)O)n1. The average Bonchev–Trinajstić information content (AvgIpc) is 2.87. The Labute approximate surface area is 122 Å². The summed E-state index contributed by atoms with van der Waals surface area (Å²) in [5, 5.41) is 11.3. The maximum absolute atomic E-state index is 10.7. The maximum Gasteiger partial charge on any atom is 0.310 e. The van der Waals surface area contributed by atoms with E-state index < -0.39 is 5.97 Å². The summed E-state index contributed by atoms with van der Waals surface area (Å²) in [5.41, 5.74) is 2.92. The Kier molecular flexibility index (Phi) is 4.74. The lowest BCUT2D eigenvalue weighted by atomic mass is 10.1. The Balaban J connectivity index is 2.38. The molecular weight excluding hydrogens is 274 g/mol. The zero-order chi connectivity index (χ0) is 14.5. The molecule has 1 aromatic carbocycles. The van der Waals surface area contributed by atoms with Gasteiger partial charge in [-0.15, -0.1) is 11.3 Å². The summed E-state index contributed by atoms with van der Waals surface area (Å²) in [5.74, 6) is -0.0740. The summed E-state index contributed by atoms with van der Waals surface area (Å²) in [6.45, 7) is 4.62. The van der Waals surface area contributed by atoms with Crippen molar-refractivity contribution in [1.82, 2.24) is 4.98 Å². The van der Waals surface area contributed by atoms with Gasteiger partial charge < -0.3 is 9.84 Å². The van der Waals surface area contributed by atoms with E-state index in [1.54, 1.807) is 0 Å². The van der Waals surface area contributed by atoms with Gasteiger partial charge in [0.1, 0.15) is 10.8 Å². The lowest BCUT2D eigenvalue weighted by Crippen LogP contribution is -1.99. The monoisotopic (exact) mass is 291 g/mol. The van der Waals surface area contributed by atoms with Gasteiger partial charge in [0.25, 0.3) is 0 Å². The number of aliphatic carboxylic acids is 1. The van der Waals surface area contributed by atoms with Crippen LogP contribution in [0.4, 0.5) is 0 Å². The van der Waals surface area contributed by atoms with Gasteiger partial charge in [0.15, 0.2) is 0 Å². The highest BCUT2D eigenvalue weighted by molar-refractivity contribution is 7.10. The summed E-state index contributed by atoms with van der Waals surface area (Å²) < 4.78 is 5.63. The third-order valence-electron chi connectivity index (χ3n) is 2.88. The molecular formula is C15H17NO3S. The molecule has 1 N–H and O–H groups in total. The molecule has 2 rings (SSSR count). The van der Waals surface area contributed by atoms with Crippen molar-refractivity contribution in [3.05, 3.63) is 34.2 Å². The molecule has 0 atom stereocenters. The number of carboxylic acids is 1. The predicted octanol–water partition coefficient (Wildman–Crippen LogP) is 3.40. The molecule has 1 aromatic heterocycles. The Hall–Kier alpha value is -1.88. The molecule has 0 saturated heterocycles. The minimum Gasteiger partial charge on any atom is -0.493 e. The standard InChI is InChI=1S/C15H17NO3S/c1-3-10-5-6-13(19-4-2)11(7-10)12-9-20-14(16-12)8-15(17)18/h5-7,9H,3-4,8H2,1-2H3,(H,17,18). The first-order valence-corrected chi connectivity index (χ1v) is 7.44. The second-order valence-corrected chi connectivity index (χ2v) is 5.26. The van der Waals surface area contributed by atoms with Crippen molar-refractivity contribution in [2.24, 2.45) is 0 Å². The number of carbonyl (C=O) groups is 1. The van der Waals surface area contributed by atoms with E-state index in [2.05, 4.69) is 18.0 Å². The van der Waals surface area contributed by atoms with Gasteiger partial charge in [-0.25, -0.2) is 4.98 Å². The van der Waals surface area contributed by atoms with E-state index in [1.807, 2.05) is 24.4 Å². The lowest BCUT2D eigenvalue weighted by molar-refractivity contribution is -0.136. The second-order valence-electron chi connectivity index (χ2n) is 4.31. The highest BCUT2D eigenvalue weighted by atomic mass is 32.1. The van der Waals surface area contributed by atoms with E-state index in [4.69, 9.17) is 9.84 Å². The zero-order valence-electron chi connectivity index (χ0n) is 11.5. The molecule has 0 amide bonds. The second kappa shape index (κ2) is 6.52. The van der Waals surface area contributed by atoms with Crippen LogP contribution in [0.5, 0.6) is 5.75 Å². The largest absolute Gasteiger partial charge is 0.493 e. The van der Waals surface area contributed by atoms with Gasteiger partial charge in [-0.05, 0) is 31.0 Å². The molecule has 0 spiro atoms. The van der Waals surface area contributed by atoms with Gasteiger partial charge in [-0.2, -0.15) is 0 Å². The number of benzene rings is 1. The van der Waals surface area contributed by atoms with Crippen LogP contribution in [0.15, 0.2) is 23.6 Å². The number of thiazole rings is 1. The number of hydrogen-bond donors (Lipinski definition) is 1. The molecule has 0 aliphatic heterocycles. The van der Waals surface area contributed by atoms with Gasteiger partial charge in [-0.3, -0.25) is 4.79 Å². The van der Waals surface area contributed by atoms with Gasteiger partial charge in [-0.1, -0.05) is 13.0 Å². The molecule has 0 bridgehead atoms. The van der Waals surface area contributed by atoms with Crippen molar-refractivity contribution in [3.8, 4) is 17.0 Å². The van der Waals surface area contributed by atoms with Crippen molar-refractivity contribution in [1.29, 1.82) is 0 Å². The van der Waals surface area contributed by atoms with Crippen LogP contribution in [0.3, 0.4) is 0 Å². The average molecular weight is 291 g/mol. The summed E-state index contributed by atoms with van der Waals surface area (Å²) in [6, 6.07) is 6.05. The number of hydrogen-bond acceptors (Lipinski definition) is 4. The van der Waals surface area contributed by atoms with Crippen molar-refractivity contribution in [2.75, 3.05) is 6.61 Å². The lowest BCUT2D eigenvalue weighted by Gasteiger charge is -2.10. The normalized spacial score (nSPS) is 10.5. The number of aromatic nitrogens is 1. The van der Waals surface area contributed by atoms with Crippen molar-refractivity contribution in [3.63, 3.8) is 0 Å². The Morgan fingerprint density at radius 1 is 1.40 bits per heavy atom. The van der Waals surface area contributed by atoms with Crippen LogP contribution < -0.4 is 4.74 Å². The fourth-order valence-corrected chi connectivity index (χ4v) is 2.71. The summed E-state index contributed by atoms with van der Waals surface area (Å²) in [7, 11) is 0. The number of aryl methyl sites for hydroxylation is 1. The van der Waals surface area contributed by atoms with Crippen LogP contribution in [0, 0.1) is 0 Å². The molecule has 0 aliphatic rings. The molecule has 106 valence electrons. The van der Waals surface area contributed by atoms with E-state index in [1.165, 1.54) is 16.9 Å². The van der Waals surface area contributed by atoms with Crippen molar-refractivity contribution < 1.29 is 14.6 Å². The molecule has 2 aromatic rings. The van der Waals surface area contributed by atoms with Gasteiger partial charge >= 0.3 is 5.97 Å². The summed E-state index contributed by atoms with van der Waals surface area (Å²) in [6.07, 6.45) is 0.896. The topological polar surface area (TPSA) is 59.4 Å².